The fraction of sp³-hybridized carbons (Fsp3) is 0.435. The summed E-state index contributed by atoms with van der Waals surface area (Å²) in [6.07, 6.45) is 4.04. The van der Waals surface area contributed by atoms with Crippen molar-refractivity contribution in [2.75, 3.05) is 26.8 Å². The molecular weight excluding hydrogens is 350 g/mol. The fourth-order valence-electron chi connectivity index (χ4n) is 3.88. The second-order valence-electron chi connectivity index (χ2n) is 8.00. The molecule has 28 heavy (non-hydrogen) atoms. The topological polar surface area (TPSA) is 39.5 Å². The molecule has 4 rings (SSSR count). The summed E-state index contributed by atoms with van der Waals surface area (Å²) in [5.41, 5.74) is 2.51. The number of rotatable bonds is 6. The highest BCUT2D eigenvalue weighted by molar-refractivity contribution is 5.84. The van der Waals surface area contributed by atoms with Gasteiger partial charge in [-0.15, -0.1) is 0 Å². The first-order valence-electron chi connectivity index (χ1n) is 10.0. The van der Waals surface area contributed by atoms with Gasteiger partial charge in [0.15, 0.2) is 0 Å². The van der Waals surface area contributed by atoms with Gasteiger partial charge in [0.1, 0.15) is 5.75 Å². The van der Waals surface area contributed by atoms with Crippen LogP contribution in [0.2, 0.25) is 0 Å². The number of hydrogen-bond donors (Lipinski definition) is 0. The van der Waals surface area contributed by atoms with Gasteiger partial charge in [0.2, 0.25) is 0 Å². The van der Waals surface area contributed by atoms with E-state index in [-0.39, 0.29) is 6.10 Å². The largest absolute Gasteiger partial charge is 0.497 e. The normalized spacial score (nSPS) is 18.1. The second-order valence-corrected chi connectivity index (χ2v) is 8.00. The lowest BCUT2D eigenvalue weighted by atomic mass is 10.0. The second kappa shape index (κ2) is 8.33. The number of fused-ring (bicyclic) bond motifs is 1. The SMILES string of the molecule is COc1ccc2cc([C@H]3CN(Cc4cncn4CC(C)C)CCO3)ccc2c1. The van der Waals surface area contributed by atoms with Crippen molar-refractivity contribution < 1.29 is 9.47 Å². The van der Waals surface area contributed by atoms with Crippen molar-refractivity contribution in [3.05, 3.63) is 60.2 Å². The van der Waals surface area contributed by atoms with E-state index in [1.165, 1.54) is 22.0 Å². The van der Waals surface area contributed by atoms with E-state index in [9.17, 15) is 0 Å². The summed E-state index contributed by atoms with van der Waals surface area (Å²) < 4.78 is 13.7. The number of nitrogens with zero attached hydrogens (tertiary/aromatic N) is 3. The third kappa shape index (κ3) is 4.21. The Labute approximate surface area is 166 Å². The zero-order valence-corrected chi connectivity index (χ0v) is 17.0. The minimum absolute atomic E-state index is 0.0988. The van der Waals surface area contributed by atoms with Crippen molar-refractivity contribution in [2.45, 2.75) is 33.0 Å². The smallest absolute Gasteiger partial charge is 0.119 e. The number of imidazole rings is 1. The highest BCUT2D eigenvalue weighted by atomic mass is 16.5. The van der Waals surface area contributed by atoms with E-state index in [1.807, 2.05) is 18.6 Å². The Kier molecular flexibility index (Phi) is 5.64. The number of aromatic nitrogens is 2. The predicted molar refractivity (Wildman–Crippen MR) is 112 cm³/mol. The average Bonchev–Trinajstić information content (AvgIpc) is 3.13. The molecule has 2 aromatic carbocycles. The summed E-state index contributed by atoms with van der Waals surface area (Å²) in [4.78, 5) is 6.83. The molecule has 5 nitrogen and oxygen atoms in total. The molecule has 5 heteroatoms. The van der Waals surface area contributed by atoms with Gasteiger partial charge >= 0.3 is 0 Å². The van der Waals surface area contributed by atoms with Crippen LogP contribution in [0.4, 0.5) is 0 Å². The molecule has 1 aliphatic heterocycles. The molecule has 0 radical (unpaired) electrons. The minimum Gasteiger partial charge on any atom is -0.497 e. The van der Waals surface area contributed by atoms with E-state index >= 15 is 0 Å². The van der Waals surface area contributed by atoms with E-state index in [1.54, 1.807) is 7.11 Å². The lowest BCUT2D eigenvalue weighted by Crippen LogP contribution is -2.38. The Hall–Kier alpha value is -2.37. The molecular formula is C23H29N3O2. The van der Waals surface area contributed by atoms with Crippen LogP contribution in [0.15, 0.2) is 48.9 Å². The lowest BCUT2D eigenvalue weighted by molar-refractivity contribution is -0.0335. The summed E-state index contributed by atoms with van der Waals surface area (Å²) >= 11 is 0. The van der Waals surface area contributed by atoms with E-state index < -0.39 is 0 Å². The quantitative estimate of drug-likeness (QED) is 0.641. The van der Waals surface area contributed by atoms with Crippen molar-refractivity contribution in [2.24, 2.45) is 5.92 Å². The number of ether oxygens (including phenoxy) is 2. The van der Waals surface area contributed by atoms with E-state index in [0.717, 1.165) is 38.5 Å². The molecule has 2 heterocycles. The van der Waals surface area contributed by atoms with Crippen molar-refractivity contribution >= 4 is 10.8 Å². The first-order valence-corrected chi connectivity index (χ1v) is 10.0. The molecule has 148 valence electrons. The molecule has 1 fully saturated rings. The molecule has 0 N–H and O–H groups in total. The van der Waals surface area contributed by atoms with Crippen LogP contribution in [0, 0.1) is 5.92 Å². The molecule has 0 saturated carbocycles. The summed E-state index contributed by atoms with van der Waals surface area (Å²) in [5.74, 6) is 1.50. The Morgan fingerprint density at radius 1 is 1.18 bits per heavy atom. The Bertz CT molecular complexity index is 934. The Morgan fingerprint density at radius 2 is 2.00 bits per heavy atom. The summed E-state index contributed by atoms with van der Waals surface area (Å²) in [7, 11) is 1.70. The van der Waals surface area contributed by atoms with Crippen molar-refractivity contribution in [3.63, 3.8) is 0 Å². The maximum Gasteiger partial charge on any atom is 0.119 e. The zero-order valence-electron chi connectivity index (χ0n) is 17.0. The molecule has 1 aromatic heterocycles. The van der Waals surface area contributed by atoms with Crippen molar-refractivity contribution in [1.82, 2.24) is 14.5 Å². The summed E-state index contributed by atoms with van der Waals surface area (Å²) in [5, 5.41) is 2.40. The van der Waals surface area contributed by atoms with Gasteiger partial charge in [-0.3, -0.25) is 4.90 Å². The Balaban J connectivity index is 1.48. The highest BCUT2D eigenvalue weighted by Gasteiger charge is 2.23. The number of methoxy groups -OCH3 is 1. The molecule has 0 unspecified atom stereocenters. The van der Waals surface area contributed by atoms with Crippen molar-refractivity contribution in [3.8, 4) is 5.75 Å². The van der Waals surface area contributed by atoms with E-state index in [0.29, 0.717) is 5.92 Å². The number of hydrogen-bond acceptors (Lipinski definition) is 4. The van der Waals surface area contributed by atoms with Gasteiger partial charge in [0, 0.05) is 32.4 Å². The third-order valence-corrected chi connectivity index (χ3v) is 5.34. The van der Waals surface area contributed by atoms with E-state index in [4.69, 9.17) is 9.47 Å². The van der Waals surface area contributed by atoms with Gasteiger partial charge in [-0.05, 0) is 40.5 Å². The average molecular weight is 380 g/mol. The fourth-order valence-corrected chi connectivity index (χ4v) is 3.88. The summed E-state index contributed by atoms with van der Waals surface area (Å²) in [6.45, 7) is 9.01. The van der Waals surface area contributed by atoms with Gasteiger partial charge < -0.3 is 14.0 Å². The van der Waals surface area contributed by atoms with Crippen LogP contribution >= 0.6 is 0 Å². The van der Waals surface area contributed by atoms with Gasteiger partial charge in [-0.25, -0.2) is 4.98 Å². The molecule has 0 amide bonds. The van der Waals surface area contributed by atoms with Crippen LogP contribution in [0.3, 0.4) is 0 Å². The predicted octanol–water partition coefficient (Wildman–Crippen LogP) is 4.27. The van der Waals surface area contributed by atoms with Crippen LogP contribution in [0.25, 0.3) is 10.8 Å². The van der Waals surface area contributed by atoms with E-state index in [2.05, 4.69) is 58.6 Å². The number of benzene rings is 2. The first kappa shape index (κ1) is 19.0. The highest BCUT2D eigenvalue weighted by Crippen LogP contribution is 2.28. The standard InChI is InChI=1S/C23H29N3O2/c1-17(2)13-26-16-24-12-21(26)14-25-8-9-28-23(15-25)20-5-4-19-11-22(27-3)7-6-18(19)10-20/h4-7,10-12,16-17,23H,8-9,13-15H2,1-3H3/t23-/m1/s1. The molecule has 1 saturated heterocycles. The monoisotopic (exact) mass is 379 g/mol. The molecule has 1 atom stereocenters. The van der Waals surface area contributed by atoms with Gasteiger partial charge in [0.25, 0.3) is 0 Å². The molecule has 0 bridgehead atoms. The first-order chi connectivity index (χ1) is 13.6. The maximum absolute atomic E-state index is 6.11. The molecule has 3 aromatic rings. The van der Waals surface area contributed by atoms with Crippen LogP contribution in [-0.4, -0.2) is 41.3 Å². The van der Waals surface area contributed by atoms with Crippen LogP contribution in [-0.2, 0) is 17.8 Å². The molecule has 0 spiro atoms. The lowest BCUT2D eigenvalue weighted by Gasteiger charge is -2.33. The van der Waals surface area contributed by atoms with Gasteiger partial charge in [0.05, 0.1) is 31.8 Å². The van der Waals surface area contributed by atoms with Gasteiger partial charge in [-0.1, -0.05) is 32.0 Å². The molecule has 0 aliphatic carbocycles. The Morgan fingerprint density at radius 3 is 2.82 bits per heavy atom. The minimum atomic E-state index is 0.0988. The zero-order chi connectivity index (χ0) is 19.5. The van der Waals surface area contributed by atoms with Crippen molar-refractivity contribution in [1.29, 1.82) is 0 Å². The third-order valence-electron chi connectivity index (χ3n) is 5.34. The van der Waals surface area contributed by atoms with Crippen LogP contribution in [0.5, 0.6) is 5.75 Å². The van der Waals surface area contributed by atoms with Crippen LogP contribution in [0.1, 0.15) is 31.2 Å². The van der Waals surface area contributed by atoms with Crippen LogP contribution < -0.4 is 4.74 Å². The number of morpholine rings is 1. The maximum atomic E-state index is 6.11. The van der Waals surface area contributed by atoms with Gasteiger partial charge in [-0.2, -0.15) is 0 Å². The summed E-state index contributed by atoms with van der Waals surface area (Å²) in [6, 6.07) is 12.8. The molecule has 1 aliphatic rings.